The van der Waals surface area contributed by atoms with Gasteiger partial charge in [-0.1, -0.05) is 6.07 Å². The molecule has 1 aliphatic heterocycles. The Labute approximate surface area is 112 Å². The van der Waals surface area contributed by atoms with Crippen molar-refractivity contribution in [1.82, 2.24) is 14.5 Å². The first-order chi connectivity index (χ1) is 9.31. The number of fused-ring (bicyclic) bond motifs is 2. The van der Waals surface area contributed by atoms with Crippen molar-refractivity contribution < 1.29 is 0 Å². The van der Waals surface area contributed by atoms with Crippen LogP contribution in [0.2, 0.25) is 0 Å². The minimum absolute atomic E-state index is 0.543. The van der Waals surface area contributed by atoms with Gasteiger partial charge in [-0.05, 0) is 36.1 Å². The number of rotatable bonds is 1. The molecule has 0 saturated carbocycles. The van der Waals surface area contributed by atoms with E-state index in [0.29, 0.717) is 6.04 Å². The van der Waals surface area contributed by atoms with Gasteiger partial charge in [0.2, 0.25) is 0 Å². The summed E-state index contributed by atoms with van der Waals surface area (Å²) in [6.45, 7) is 3.12. The van der Waals surface area contributed by atoms with E-state index in [9.17, 15) is 0 Å². The molecule has 4 heteroatoms. The summed E-state index contributed by atoms with van der Waals surface area (Å²) in [5.74, 6) is 1.19. The Morgan fingerprint density at radius 3 is 3.16 bits per heavy atom. The number of imidazole rings is 1. The first-order valence-electron chi connectivity index (χ1n) is 6.93. The summed E-state index contributed by atoms with van der Waals surface area (Å²) in [7, 11) is 0. The molecule has 4 rings (SSSR count). The van der Waals surface area contributed by atoms with E-state index in [1.54, 1.807) is 0 Å². The summed E-state index contributed by atoms with van der Waals surface area (Å²) in [4.78, 5) is 7.01. The molecule has 0 fully saturated rings. The second-order valence-electron chi connectivity index (χ2n) is 5.52. The van der Waals surface area contributed by atoms with Gasteiger partial charge < -0.3 is 10.3 Å². The number of nitrogens with zero attached hydrogens (tertiary/aromatic N) is 3. The van der Waals surface area contributed by atoms with Gasteiger partial charge in [-0.15, -0.1) is 0 Å². The van der Waals surface area contributed by atoms with E-state index in [1.807, 2.05) is 12.3 Å². The first-order valence-corrected chi connectivity index (χ1v) is 6.93. The zero-order valence-corrected chi connectivity index (χ0v) is 10.9. The lowest BCUT2D eigenvalue weighted by Crippen LogP contribution is -2.35. The molecule has 2 aliphatic rings. The Morgan fingerprint density at radius 2 is 2.21 bits per heavy atom. The Kier molecular flexibility index (Phi) is 2.38. The van der Waals surface area contributed by atoms with Crippen LogP contribution in [0, 0.1) is 0 Å². The molecule has 1 atom stereocenters. The number of anilines is 1. The fraction of sp³-hybridized carbons (Fsp3) is 0.400. The molecule has 4 nitrogen and oxygen atoms in total. The molecule has 98 valence electrons. The highest BCUT2D eigenvalue weighted by Crippen LogP contribution is 2.37. The summed E-state index contributed by atoms with van der Waals surface area (Å²) in [6, 6.07) is 6.92. The van der Waals surface area contributed by atoms with Crippen molar-refractivity contribution in [2.45, 2.75) is 32.0 Å². The lowest BCUT2D eigenvalue weighted by atomic mass is 10.1. The maximum atomic E-state index is 5.88. The zero-order chi connectivity index (χ0) is 12.8. The van der Waals surface area contributed by atoms with Crippen LogP contribution in [-0.2, 0) is 19.5 Å². The smallest absolute Gasteiger partial charge is 0.122 e. The zero-order valence-electron chi connectivity index (χ0n) is 10.9. The third kappa shape index (κ3) is 1.75. The van der Waals surface area contributed by atoms with Crippen molar-refractivity contribution >= 4 is 5.69 Å². The first kappa shape index (κ1) is 11.1. The van der Waals surface area contributed by atoms with Gasteiger partial charge in [0.15, 0.2) is 0 Å². The third-order valence-corrected chi connectivity index (χ3v) is 4.43. The van der Waals surface area contributed by atoms with Crippen LogP contribution in [0.4, 0.5) is 5.69 Å². The molecule has 0 amide bonds. The van der Waals surface area contributed by atoms with Gasteiger partial charge >= 0.3 is 0 Å². The van der Waals surface area contributed by atoms with Gasteiger partial charge in [-0.3, -0.25) is 4.90 Å². The molecular weight excluding hydrogens is 236 g/mol. The van der Waals surface area contributed by atoms with Crippen LogP contribution < -0.4 is 5.73 Å². The highest BCUT2D eigenvalue weighted by Gasteiger charge is 2.30. The SMILES string of the molecule is Nc1ccc2c(c1)CCC2N1CCn2ccnc2C1. The van der Waals surface area contributed by atoms with Crippen molar-refractivity contribution in [3.63, 3.8) is 0 Å². The summed E-state index contributed by atoms with van der Waals surface area (Å²) in [5, 5.41) is 0. The second kappa shape index (κ2) is 4.10. The monoisotopic (exact) mass is 254 g/mol. The maximum absolute atomic E-state index is 5.88. The highest BCUT2D eigenvalue weighted by atomic mass is 15.3. The molecule has 0 spiro atoms. The van der Waals surface area contributed by atoms with E-state index in [2.05, 4.69) is 32.8 Å². The third-order valence-electron chi connectivity index (χ3n) is 4.43. The predicted molar refractivity (Wildman–Crippen MR) is 74.6 cm³/mol. The van der Waals surface area contributed by atoms with Crippen LogP contribution in [-0.4, -0.2) is 21.0 Å². The van der Waals surface area contributed by atoms with Crippen LogP contribution in [0.1, 0.15) is 29.4 Å². The van der Waals surface area contributed by atoms with Crippen LogP contribution in [0.15, 0.2) is 30.6 Å². The fourth-order valence-corrected chi connectivity index (χ4v) is 3.45. The van der Waals surface area contributed by atoms with Gasteiger partial charge in [-0.25, -0.2) is 4.98 Å². The summed E-state index contributed by atoms with van der Waals surface area (Å²) in [5.41, 5.74) is 9.66. The topological polar surface area (TPSA) is 47.1 Å². The van der Waals surface area contributed by atoms with Crippen molar-refractivity contribution in [2.24, 2.45) is 0 Å². The number of aryl methyl sites for hydroxylation is 1. The predicted octanol–water partition coefficient (Wildman–Crippen LogP) is 1.97. The number of hydrogen-bond acceptors (Lipinski definition) is 3. The van der Waals surface area contributed by atoms with Crippen LogP contribution in [0.25, 0.3) is 0 Å². The molecule has 0 bridgehead atoms. The van der Waals surface area contributed by atoms with E-state index >= 15 is 0 Å². The van der Waals surface area contributed by atoms with Crippen LogP contribution in [0.3, 0.4) is 0 Å². The van der Waals surface area contributed by atoms with Crippen molar-refractivity contribution in [2.75, 3.05) is 12.3 Å². The molecule has 1 aliphatic carbocycles. The Bertz CT molecular complexity index is 616. The van der Waals surface area contributed by atoms with Crippen molar-refractivity contribution in [1.29, 1.82) is 0 Å². The van der Waals surface area contributed by atoms with Crippen LogP contribution >= 0.6 is 0 Å². The second-order valence-corrected chi connectivity index (χ2v) is 5.52. The molecule has 1 aromatic carbocycles. The van der Waals surface area contributed by atoms with Crippen molar-refractivity contribution in [3.05, 3.63) is 47.5 Å². The van der Waals surface area contributed by atoms with Crippen molar-refractivity contribution in [3.8, 4) is 0 Å². The number of aromatic nitrogens is 2. The highest BCUT2D eigenvalue weighted by molar-refractivity contribution is 5.47. The summed E-state index contributed by atoms with van der Waals surface area (Å²) in [6.07, 6.45) is 6.34. The molecule has 2 aromatic rings. The number of nitrogen functional groups attached to an aromatic ring is 1. The molecule has 2 heterocycles. The molecule has 0 radical (unpaired) electrons. The van der Waals surface area contributed by atoms with Gasteiger partial charge in [0.1, 0.15) is 5.82 Å². The largest absolute Gasteiger partial charge is 0.399 e. The summed E-state index contributed by atoms with van der Waals surface area (Å²) < 4.78 is 2.26. The number of benzene rings is 1. The molecule has 1 aromatic heterocycles. The van der Waals surface area contributed by atoms with Gasteiger partial charge in [0.05, 0.1) is 6.54 Å². The Morgan fingerprint density at radius 1 is 1.26 bits per heavy atom. The van der Waals surface area contributed by atoms with E-state index in [1.165, 1.54) is 23.4 Å². The minimum atomic E-state index is 0.543. The average molecular weight is 254 g/mol. The number of hydrogen-bond donors (Lipinski definition) is 1. The maximum Gasteiger partial charge on any atom is 0.122 e. The minimum Gasteiger partial charge on any atom is -0.399 e. The lowest BCUT2D eigenvalue weighted by molar-refractivity contribution is 0.152. The molecular formula is C15H18N4. The molecule has 2 N–H and O–H groups in total. The molecule has 1 unspecified atom stereocenters. The van der Waals surface area contributed by atoms with E-state index in [4.69, 9.17) is 5.73 Å². The van der Waals surface area contributed by atoms with Gasteiger partial charge in [0, 0.05) is 37.2 Å². The van der Waals surface area contributed by atoms with Gasteiger partial charge in [-0.2, -0.15) is 0 Å². The lowest BCUT2D eigenvalue weighted by Gasteiger charge is -2.33. The average Bonchev–Trinajstić information content (AvgIpc) is 3.02. The van der Waals surface area contributed by atoms with E-state index in [-0.39, 0.29) is 0 Å². The normalized spacial score (nSPS) is 22.2. The summed E-state index contributed by atoms with van der Waals surface area (Å²) >= 11 is 0. The number of nitrogens with two attached hydrogens (primary N) is 1. The van der Waals surface area contributed by atoms with Gasteiger partial charge in [0.25, 0.3) is 0 Å². The Hall–Kier alpha value is -1.81. The molecule has 0 saturated heterocycles. The Balaban J connectivity index is 1.63. The quantitative estimate of drug-likeness (QED) is 0.791. The van der Waals surface area contributed by atoms with Crippen LogP contribution in [0.5, 0.6) is 0 Å². The standard InChI is InChI=1S/C15H18N4/c16-12-2-3-13-11(9-12)1-4-14(13)19-8-7-18-6-5-17-15(18)10-19/h2-3,5-6,9,14H,1,4,7-8,10,16H2. The van der Waals surface area contributed by atoms with E-state index < -0.39 is 0 Å². The molecule has 19 heavy (non-hydrogen) atoms. The fourth-order valence-electron chi connectivity index (χ4n) is 3.45. The van der Waals surface area contributed by atoms with E-state index in [0.717, 1.165) is 31.7 Å².